The van der Waals surface area contributed by atoms with E-state index in [1.165, 1.54) is 24.1 Å². The van der Waals surface area contributed by atoms with Crippen molar-refractivity contribution in [2.45, 2.75) is 58.5 Å². The highest BCUT2D eigenvalue weighted by Gasteiger charge is 2.27. The molecule has 2 unspecified atom stereocenters. The molecule has 0 aliphatic carbocycles. The molecule has 2 nitrogen and oxygen atoms in total. The van der Waals surface area contributed by atoms with Crippen LogP contribution in [0.3, 0.4) is 0 Å². The maximum atomic E-state index is 3.68. The zero-order valence-corrected chi connectivity index (χ0v) is 12.8. The summed E-state index contributed by atoms with van der Waals surface area (Å²) in [4.78, 5) is 2.64. The van der Waals surface area contributed by atoms with Crippen molar-refractivity contribution in [1.29, 1.82) is 0 Å². The van der Waals surface area contributed by atoms with Crippen molar-refractivity contribution in [3.63, 3.8) is 0 Å². The van der Waals surface area contributed by atoms with Gasteiger partial charge in [0, 0.05) is 30.9 Å². The molecule has 0 aromatic heterocycles. The fraction of sp³-hybridized carbons (Fsp3) is 0.647. The van der Waals surface area contributed by atoms with Gasteiger partial charge in [0.15, 0.2) is 0 Å². The maximum Gasteiger partial charge on any atom is 0.0412 e. The van der Waals surface area contributed by atoms with Crippen molar-refractivity contribution < 1.29 is 0 Å². The number of piperazine rings is 1. The van der Waals surface area contributed by atoms with Crippen LogP contribution in [-0.4, -0.2) is 25.2 Å². The average Bonchev–Trinajstić information content (AvgIpc) is 2.46. The van der Waals surface area contributed by atoms with Gasteiger partial charge < -0.3 is 10.2 Å². The summed E-state index contributed by atoms with van der Waals surface area (Å²) in [7, 11) is 0. The fourth-order valence-corrected chi connectivity index (χ4v) is 3.03. The molecule has 0 bridgehead atoms. The van der Waals surface area contributed by atoms with Crippen LogP contribution in [0.15, 0.2) is 24.3 Å². The van der Waals surface area contributed by atoms with Crippen LogP contribution in [0.1, 0.15) is 52.0 Å². The molecule has 0 radical (unpaired) electrons. The lowest BCUT2D eigenvalue weighted by Gasteiger charge is -2.42. The van der Waals surface area contributed by atoms with Crippen LogP contribution in [0, 0.1) is 0 Å². The number of rotatable bonds is 4. The zero-order chi connectivity index (χ0) is 13.8. The molecule has 1 aromatic rings. The predicted molar refractivity (Wildman–Crippen MR) is 84.0 cm³/mol. The smallest absolute Gasteiger partial charge is 0.0412 e. The summed E-state index contributed by atoms with van der Waals surface area (Å²) in [6, 6.07) is 10.2. The van der Waals surface area contributed by atoms with E-state index in [9.17, 15) is 0 Å². The van der Waals surface area contributed by atoms with E-state index in [2.05, 4.69) is 62.2 Å². The molecule has 0 spiro atoms. The van der Waals surface area contributed by atoms with E-state index >= 15 is 0 Å². The number of benzene rings is 1. The molecule has 0 amide bonds. The minimum atomic E-state index is 0.587. The molecule has 1 aromatic carbocycles. The van der Waals surface area contributed by atoms with Gasteiger partial charge in [-0.1, -0.05) is 45.9 Å². The number of nitrogens with one attached hydrogen (secondary N) is 1. The van der Waals surface area contributed by atoms with Crippen LogP contribution >= 0.6 is 0 Å². The normalized spacial score (nSPS) is 23.9. The summed E-state index contributed by atoms with van der Waals surface area (Å²) in [5.41, 5.74) is 2.93. The van der Waals surface area contributed by atoms with Gasteiger partial charge in [-0.15, -0.1) is 0 Å². The van der Waals surface area contributed by atoms with Gasteiger partial charge in [0.25, 0.3) is 0 Å². The van der Waals surface area contributed by atoms with Crippen molar-refractivity contribution >= 4 is 5.69 Å². The van der Waals surface area contributed by atoms with E-state index in [-0.39, 0.29) is 0 Å². The first-order valence-corrected chi connectivity index (χ1v) is 7.76. The highest BCUT2D eigenvalue weighted by molar-refractivity contribution is 5.56. The Kier molecular flexibility index (Phi) is 4.87. The average molecular weight is 260 g/mol. The second-order valence-electron chi connectivity index (χ2n) is 5.94. The number of nitrogens with zero attached hydrogens (tertiary/aromatic N) is 1. The van der Waals surface area contributed by atoms with Crippen molar-refractivity contribution in [3.05, 3.63) is 29.8 Å². The first kappa shape index (κ1) is 14.4. The summed E-state index contributed by atoms with van der Waals surface area (Å²) in [6.07, 6.45) is 2.41. The number of anilines is 1. The molecule has 2 heteroatoms. The highest BCUT2D eigenvalue weighted by atomic mass is 15.2. The van der Waals surface area contributed by atoms with Gasteiger partial charge >= 0.3 is 0 Å². The first-order valence-electron chi connectivity index (χ1n) is 7.76. The lowest BCUT2D eigenvalue weighted by molar-refractivity contribution is 0.378. The second-order valence-corrected chi connectivity index (χ2v) is 5.94. The third-order valence-corrected chi connectivity index (χ3v) is 4.33. The van der Waals surface area contributed by atoms with Crippen molar-refractivity contribution in [2.75, 3.05) is 18.0 Å². The van der Waals surface area contributed by atoms with Crippen LogP contribution in [0.25, 0.3) is 0 Å². The largest absolute Gasteiger partial charge is 0.365 e. The number of para-hydroxylation sites is 1. The summed E-state index contributed by atoms with van der Waals surface area (Å²) in [5.74, 6) is 0.587. The molecule has 0 saturated carbocycles. The van der Waals surface area contributed by atoms with Crippen molar-refractivity contribution in [3.8, 4) is 0 Å². The van der Waals surface area contributed by atoms with Gasteiger partial charge in [-0.3, -0.25) is 0 Å². The Labute approximate surface area is 118 Å². The van der Waals surface area contributed by atoms with Gasteiger partial charge in [0.2, 0.25) is 0 Å². The van der Waals surface area contributed by atoms with E-state index in [4.69, 9.17) is 0 Å². The monoisotopic (exact) mass is 260 g/mol. The Bertz CT molecular complexity index is 400. The minimum absolute atomic E-state index is 0.587. The molecule has 106 valence electrons. The summed E-state index contributed by atoms with van der Waals surface area (Å²) in [5, 5.41) is 3.68. The molecule has 1 saturated heterocycles. The van der Waals surface area contributed by atoms with Crippen LogP contribution in [-0.2, 0) is 0 Å². The van der Waals surface area contributed by atoms with Crippen LogP contribution in [0.5, 0.6) is 0 Å². The molecular weight excluding hydrogens is 232 g/mol. The molecule has 2 atom stereocenters. The van der Waals surface area contributed by atoms with E-state index in [0.29, 0.717) is 18.0 Å². The van der Waals surface area contributed by atoms with E-state index in [1.807, 2.05) is 0 Å². The molecule has 2 rings (SSSR count). The van der Waals surface area contributed by atoms with Crippen LogP contribution in [0.4, 0.5) is 5.69 Å². The van der Waals surface area contributed by atoms with Crippen LogP contribution < -0.4 is 10.2 Å². The lowest BCUT2D eigenvalue weighted by atomic mass is 9.97. The number of hydrogen-bond donors (Lipinski definition) is 1. The van der Waals surface area contributed by atoms with Gasteiger partial charge in [-0.25, -0.2) is 0 Å². The van der Waals surface area contributed by atoms with Crippen LogP contribution in [0.2, 0.25) is 0 Å². The van der Waals surface area contributed by atoms with E-state index in [0.717, 1.165) is 13.1 Å². The summed E-state index contributed by atoms with van der Waals surface area (Å²) < 4.78 is 0. The summed E-state index contributed by atoms with van der Waals surface area (Å²) in [6.45, 7) is 11.4. The third kappa shape index (κ3) is 3.11. The molecule has 1 aliphatic heterocycles. The number of hydrogen-bond acceptors (Lipinski definition) is 2. The predicted octanol–water partition coefficient (Wildman–Crippen LogP) is 3.78. The topological polar surface area (TPSA) is 15.3 Å². The molecule has 1 N–H and O–H groups in total. The van der Waals surface area contributed by atoms with Crippen molar-refractivity contribution in [2.24, 2.45) is 0 Å². The quantitative estimate of drug-likeness (QED) is 0.886. The molecule has 1 aliphatic rings. The van der Waals surface area contributed by atoms with Gasteiger partial charge in [-0.2, -0.15) is 0 Å². The molecule has 1 fully saturated rings. The molecule has 1 heterocycles. The van der Waals surface area contributed by atoms with Gasteiger partial charge in [0.1, 0.15) is 0 Å². The summed E-state index contributed by atoms with van der Waals surface area (Å²) >= 11 is 0. The van der Waals surface area contributed by atoms with E-state index < -0.39 is 0 Å². The second kappa shape index (κ2) is 6.42. The Morgan fingerprint density at radius 3 is 2.58 bits per heavy atom. The van der Waals surface area contributed by atoms with Gasteiger partial charge in [0.05, 0.1) is 0 Å². The van der Waals surface area contributed by atoms with Crippen molar-refractivity contribution in [1.82, 2.24) is 5.32 Å². The molecular formula is C17H28N2. The first-order chi connectivity index (χ1) is 9.17. The van der Waals surface area contributed by atoms with Gasteiger partial charge in [-0.05, 0) is 30.4 Å². The third-order valence-electron chi connectivity index (χ3n) is 4.33. The highest BCUT2D eigenvalue weighted by Crippen LogP contribution is 2.30. The Hall–Kier alpha value is -1.02. The Balaban J connectivity index is 2.31. The molecule has 19 heavy (non-hydrogen) atoms. The fourth-order valence-electron chi connectivity index (χ4n) is 3.03. The zero-order valence-electron chi connectivity index (χ0n) is 12.8. The Morgan fingerprint density at radius 1 is 1.21 bits per heavy atom. The lowest BCUT2D eigenvalue weighted by Crippen LogP contribution is -2.56. The maximum absolute atomic E-state index is 3.68. The standard InChI is InChI=1S/C17H28N2/c1-5-14-12-19(15(6-2)11-18-14)17-10-8-7-9-16(17)13(3)4/h7-10,13-15,18H,5-6,11-12H2,1-4H3. The minimum Gasteiger partial charge on any atom is -0.365 e. The Morgan fingerprint density at radius 2 is 1.95 bits per heavy atom. The van der Waals surface area contributed by atoms with E-state index in [1.54, 1.807) is 0 Å². The SMILES string of the molecule is CCC1CN(c2ccccc2C(C)C)C(CC)CN1.